The summed E-state index contributed by atoms with van der Waals surface area (Å²) in [7, 11) is 0. The van der Waals surface area contributed by atoms with Gasteiger partial charge in [-0.3, -0.25) is 9.59 Å². The van der Waals surface area contributed by atoms with Crippen molar-refractivity contribution >= 4 is 17.5 Å². The third-order valence-electron chi connectivity index (χ3n) is 8.60. The highest BCUT2D eigenvalue weighted by Gasteiger charge is 2.51. The van der Waals surface area contributed by atoms with Crippen LogP contribution in [-0.4, -0.2) is 65.8 Å². The Balaban J connectivity index is 1.21. The summed E-state index contributed by atoms with van der Waals surface area (Å²) >= 11 is 0. The van der Waals surface area contributed by atoms with Crippen molar-refractivity contribution in [2.45, 2.75) is 75.8 Å². The minimum atomic E-state index is -0.261. The first kappa shape index (κ1) is 22.8. The number of hydrazine groups is 1. The largest absolute Gasteiger partial charge is 0.381 e. The molecule has 0 aromatic heterocycles. The molecule has 0 bridgehead atoms. The van der Waals surface area contributed by atoms with Gasteiger partial charge in [0.25, 0.3) is 5.91 Å². The molecule has 9 nitrogen and oxygen atoms in total. The SMILES string of the molecule is N#C[C@H]1CCCC[C@@H]1N1NC(Nc2ccc3c(c2)CN(C2CCOCC2)C3=O)C2C(=O)NCCC21. The van der Waals surface area contributed by atoms with Crippen LogP contribution in [0.15, 0.2) is 18.2 Å². The average molecular weight is 479 g/mol. The number of benzene rings is 1. The van der Waals surface area contributed by atoms with E-state index in [4.69, 9.17) is 4.74 Å². The number of anilines is 1. The van der Waals surface area contributed by atoms with Crippen LogP contribution in [0.25, 0.3) is 0 Å². The number of piperidine rings is 1. The summed E-state index contributed by atoms with van der Waals surface area (Å²) < 4.78 is 5.47. The third kappa shape index (κ3) is 4.07. The molecule has 3 N–H and O–H groups in total. The second-order valence-corrected chi connectivity index (χ2v) is 10.6. The lowest BCUT2D eigenvalue weighted by Crippen LogP contribution is -2.54. The van der Waals surface area contributed by atoms with E-state index in [2.05, 4.69) is 33.2 Å². The Morgan fingerprint density at radius 2 is 1.89 bits per heavy atom. The molecule has 1 aromatic rings. The molecule has 1 saturated carbocycles. The van der Waals surface area contributed by atoms with E-state index >= 15 is 0 Å². The van der Waals surface area contributed by atoms with E-state index in [0.29, 0.717) is 26.3 Å². The van der Waals surface area contributed by atoms with Crippen molar-refractivity contribution in [2.75, 3.05) is 25.1 Å². The maximum Gasteiger partial charge on any atom is 0.254 e. The number of amides is 2. The Morgan fingerprint density at radius 1 is 1.06 bits per heavy atom. The Kier molecular flexibility index (Phi) is 6.13. The van der Waals surface area contributed by atoms with Gasteiger partial charge in [-0.1, -0.05) is 12.8 Å². The summed E-state index contributed by atoms with van der Waals surface area (Å²) in [5, 5.41) is 18.6. The van der Waals surface area contributed by atoms with E-state index in [1.807, 2.05) is 17.0 Å². The fourth-order valence-electron chi connectivity index (χ4n) is 6.80. The number of nitrogens with one attached hydrogen (secondary N) is 3. The zero-order valence-electron chi connectivity index (χ0n) is 20.0. The summed E-state index contributed by atoms with van der Waals surface area (Å²) in [5.74, 6) is -0.0864. The molecular formula is C26H34N6O3. The monoisotopic (exact) mass is 478 g/mol. The number of carbonyl (C=O) groups excluding carboxylic acids is 2. The van der Waals surface area contributed by atoms with Crippen LogP contribution in [0.4, 0.5) is 5.69 Å². The van der Waals surface area contributed by atoms with Crippen molar-refractivity contribution in [3.05, 3.63) is 29.3 Å². The topological polar surface area (TPSA) is 110 Å². The van der Waals surface area contributed by atoms with E-state index in [1.165, 1.54) is 0 Å². The van der Waals surface area contributed by atoms with Gasteiger partial charge >= 0.3 is 0 Å². The first-order valence-corrected chi connectivity index (χ1v) is 13.1. The Morgan fingerprint density at radius 3 is 2.71 bits per heavy atom. The first-order valence-electron chi connectivity index (χ1n) is 13.1. The number of nitriles is 1. The molecule has 5 aliphatic rings. The highest BCUT2D eigenvalue weighted by molar-refractivity contribution is 5.99. The van der Waals surface area contributed by atoms with Crippen LogP contribution in [0.1, 0.15) is 60.9 Å². The number of hydrogen-bond donors (Lipinski definition) is 3. The number of carbonyl (C=O) groups is 2. The fraction of sp³-hybridized carbons (Fsp3) is 0.654. The predicted molar refractivity (Wildman–Crippen MR) is 129 cm³/mol. The molecule has 6 rings (SSSR count). The molecule has 0 radical (unpaired) electrons. The van der Waals surface area contributed by atoms with Crippen molar-refractivity contribution in [1.29, 1.82) is 5.26 Å². The van der Waals surface area contributed by atoms with Gasteiger partial charge < -0.3 is 20.3 Å². The van der Waals surface area contributed by atoms with E-state index < -0.39 is 0 Å². The zero-order chi connectivity index (χ0) is 23.9. The van der Waals surface area contributed by atoms with E-state index in [0.717, 1.165) is 61.8 Å². The molecule has 0 spiro atoms. The molecule has 5 atom stereocenters. The van der Waals surface area contributed by atoms with Crippen molar-refractivity contribution in [2.24, 2.45) is 11.8 Å². The average Bonchev–Trinajstić information content (AvgIpc) is 3.42. The maximum absolute atomic E-state index is 13.0. The standard InChI is InChI=1S/C26H34N6O3/c27-14-16-3-1-2-4-21(16)32-22-7-10-28-25(33)23(22)24(30-32)29-18-5-6-20-17(13-18)15-31(26(20)34)19-8-11-35-12-9-19/h5-6,13,16,19,21-24,29-30H,1-4,7-12,15H2,(H,28,33)/t16-,21+,22?,23?,24?/m1/s1. The van der Waals surface area contributed by atoms with Crippen molar-refractivity contribution in [1.82, 2.24) is 20.7 Å². The highest BCUT2D eigenvalue weighted by atomic mass is 16.5. The molecule has 1 aromatic carbocycles. The lowest BCUT2D eigenvalue weighted by atomic mass is 9.83. The van der Waals surface area contributed by atoms with E-state index in [-0.39, 0.29) is 47.9 Å². The van der Waals surface area contributed by atoms with E-state index in [9.17, 15) is 14.9 Å². The quantitative estimate of drug-likeness (QED) is 0.607. The van der Waals surface area contributed by atoms with Gasteiger partial charge in [0.1, 0.15) is 6.17 Å². The minimum absolute atomic E-state index is 0.0113. The molecule has 9 heteroatoms. The summed E-state index contributed by atoms with van der Waals surface area (Å²) in [4.78, 5) is 28.0. The summed E-state index contributed by atoms with van der Waals surface area (Å²) in [5.41, 5.74) is 6.31. The first-order chi connectivity index (χ1) is 17.1. The molecule has 4 heterocycles. The molecule has 35 heavy (non-hydrogen) atoms. The highest BCUT2D eigenvalue weighted by Crippen LogP contribution is 2.37. The summed E-state index contributed by atoms with van der Waals surface area (Å²) in [6.45, 7) is 2.70. The molecule has 2 amide bonds. The van der Waals surface area contributed by atoms with Gasteiger partial charge in [0.05, 0.1) is 17.9 Å². The maximum atomic E-state index is 13.0. The zero-order valence-corrected chi connectivity index (χ0v) is 20.0. The van der Waals surface area contributed by atoms with Crippen LogP contribution in [-0.2, 0) is 16.1 Å². The Labute approximate surface area is 206 Å². The normalized spacial score (nSPS) is 33.7. The summed E-state index contributed by atoms with van der Waals surface area (Å²) in [6.07, 6.45) is 6.49. The van der Waals surface area contributed by atoms with Gasteiger partial charge in [-0.05, 0) is 55.9 Å². The van der Waals surface area contributed by atoms with Crippen LogP contribution < -0.4 is 16.1 Å². The molecule has 4 aliphatic heterocycles. The molecule has 3 unspecified atom stereocenters. The predicted octanol–water partition coefficient (Wildman–Crippen LogP) is 1.97. The Hall–Kier alpha value is -2.67. The molecule has 4 fully saturated rings. The fourth-order valence-corrected chi connectivity index (χ4v) is 6.80. The van der Waals surface area contributed by atoms with Gasteiger partial charge in [-0.25, -0.2) is 10.4 Å². The second-order valence-electron chi connectivity index (χ2n) is 10.6. The van der Waals surface area contributed by atoms with Crippen LogP contribution in [0.5, 0.6) is 0 Å². The third-order valence-corrected chi connectivity index (χ3v) is 8.60. The number of nitrogens with zero attached hydrogens (tertiary/aromatic N) is 3. The van der Waals surface area contributed by atoms with Crippen LogP contribution in [0, 0.1) is 23.2 Å². The number of rotatable bonds is 4. The summed E-state index contributed by atoms with van der Waals surface area (Å²) in [6, 6.07) is 8.88. The molecule has 186 valence electrons. The van der Waals surface area contributed by atoms with Crippen LogP contribution in [0.3, 0.4) is 0 Å². The van der Waals surface area contributed by atoms with Crippen LogP contribution >= 0.6 is 0 Å². The molecule has 1 aliphatic carbocycles. The second kappa shape index (κ2) is 9.41. The smallest absolute Gasteiger partial charge is 0.254 e. The van der Waals surface area contributed by atoms with Gasteiger partial charge in [0.15, 0.2) is 0 Å². The number of ether oxygens (including phenoxy) is 1. The number of hydrogen-bond acceptors (Lipinski definition) is 7. The van der Waals surface area contributed by atoms with E-state index in [1.54, 1.807) is 0 Å². The van der Waals surface area contributed by atoms with Crippen molar-refractivity contribution in [3.63, 3.8) is 0 Å². The van der Waals surface area contributed by atoms with Gasteiger partial charge in [0.2, 0.25) is 5.91 Å². The van der Waals surface area contributed by atoms with Crippen LogP contribution in [0.2, 0.25) is 0 Å². The van der Waals surface area contributed by atoms with Crippen molar-refractivity contribution in [3.8, 4) is 6.07 Å². The molecular weight excluding hydrogens is 444 g/mol. The Bertz CT molecular complexity index is 1030. The lowest BCUT2D eigenvalue weighted by Gasteiger charge is -2.39. The van der Waals surface area contributed by atoms with Gasteiger partial charge in [-0.15, -0.1) is 0 Å². The van der Waals surface area contributed by atoms with Gasteiger partial charge in [-0.2, -0.15) is 5.26 Å². The minimum Gasteiger partial charge on any atom is -0.381 e. The number of fused-ring (bicyclic) bond motifs is 2. The van der Waals surface area contributed by atoms with Gasteiger partial charge in [0, 0.05) is 55.7 Å². The molecule has 3 saturated heterocycles. The van der Waals surface area contributed by atoms with Crippen molar-refractivity contribution < 1.29 is 14.3 Å². The lowest BCUT2D eigenvalue weighted by molar-refractivity contribution is -0.128.